The number of nitrogens with one attached hydrogen (secondary N) is 1. The minimum atomic E-state index is -0.512. The van der Waals surface area contributed by atoms with Gasteiger partial charge in [-0.05, 0) is 31.5 Å². The molecule has 1 amide bonds. The molecule has 0 bridgehead atoms. The summed E-state index contributed by atoms with van der Waals surface area (Å²) in [6.07, 6.45) is -0.512. The number of hydrogen-bond acceptors (Lipinski definition) is 2. The van der Waals surface area contributed by atoms with Crippen LogP contribution in [0.25, 0.3) is 0 Å². The van der Waals surface area contributed by atoms with Crippen LogP contribution in [0.3, 0.4) is 0 Å². The van der Waals surface area contributed by atoms with Crippen molar-refractivity contribution >= 4 is 5.91 Å². The Kier molecular flexibility index (Phi) is 4.77. The standard InChI is InChI=1S/C17H19NO2/c1-13-7-6-8-15(11-13)12-18-17(19)14(2)20-16-9-4-3-5-10-16/h3-11,14H,12H2,1-2H3,(H,18,19)/t14-/m1/s1. The van der Waals surface area contributed by atoms with Crippen molar-refractivity contribution in [1.82, 2.24) is 5.32 Å². The SMILES string of the molecule is Cc1cccc(CNC(=O)[C@@H](C)Oc2ccccc2)c1. The van der Waals surface area contributed by atoms with Gasteiger partial charge in [-0.3, -0.25) is 4.79 Å². The van der Waals surface area contributed by atoms with Gasteiger partial charge in [0.25, 0.3) is 5.91 Å². The third-order valence-electron chi connectivity index (χ3n) is 2.97. The van der Waals surface area contributed by atoms with E-state index in [1.165, 1.54) is 5.56 Å². The molecule has 3 nitrogen and oxygen atoms in total. The molecule has 20 heavy (non-hydrogen) atoms. The molecule has 0 saturated heterocycles. The number of para-hydroxylation sites is 1. The molecule has 0 aliphatic carbocycles. The topological polar surface area (TPSA) is 38.3 Å². The fourth-order valence-corrected chi connectivity index (χ4v) is 1.91. The zero-order valence-corrected chi connectivity index (χ0v) is 11.8. The Bertz CT molecular complexity index is 566. The summed E-state index contributed by atoms with van der Waals surface area (Å²) in [5.74, 6) is 0.584. The summed E-state index contributed by atoms with van der Waals surface area (Å²) >= 11 is 0. The Labute approximate surface area is 119 Å². The van der Waals surface area contributed by atoms with E-state index < -0.39 is 6.10 Å². The predicted molar refractivity (Wildman–Crippen MR) is 79.6 cm³/mol. The van der Waals surface area contributed by atoms with E-state index in [0.29, 0.717) is 12.3 Å². The zero-order chi connectivity index (χ0) is 14.4. The van der Waals surface area contributed by atoms with Crippen LogP contribution in [0.1, 0.15) is 18.1 Å². The molecule has 2 aromatic rings. The number of rotatable bonds is 5. The van der Waals surface area contributed by atoms with Crippen molar-refractivity contribution in [1.29, 1.82) is 0 Å². The largest absolute Gasteiger partial charge is 0.481 e. The van der Waals surface area contributed by atoms with Crippen LogP contribution < -0.4 is 10.1 Å². The molecule has 0 saturated carbocycles. The zero-order valence-electron chi connectivity index (χ0n) is 11.8. The minimum Gasteiger partial charge on any atom is -0.481 e. The summed E-state index contributed by atoms with van der Waals surface area (Å²) in [5.41, 5.74) is 2.27. The highest BCUT2D eigenvalue weighted by Crippen LogP contribution is 2.11. The normalized spacial score (nSPS) is 11.7. The number of hydrogen-bond donors (Lipinski definition) is 1. The monoisotopic (exact) mass is 269 g/mol. The van der Waals surface area contributed by atoms with Gasteiger partial charge in [0.15, 0.2) is 6.10 Å². The second-order valence-electron chi connectivity index (χ2n) is 4.78. The van der Waals surface area contributed by atoms with Gasteiger partial charge in [0, 0.05) is 6.54 Å². The lowest BCUT2D eigenvalue weighted by Gasteiger charge is -2.14. The highest BCUT2D eigenvalue weighted by molar-refractivity contribution is 5.80. The molecule has 0 unspecified atom stereocenters. The van der Waals surface area contributed by atoms with Gasteiger partial charge in [0.1, 0.15) is 5.75 Å². The molecule has 3 heteroatoms. The van der Waals surface area contributed by atoms with Gasteiger partial charge in [0.2, 0.25) is 0 Å². The Morgan fingerprint density at radius 1 is 1.15 bits per heavy atom. The molecule has 104 valence electrons. The van der Waals surface area contributed by atoms with Crippen LogP contribution in [0.4, 0.5) is 0 Å². The van der Waals surface area contributed by atoms with Crippen molar-refractivity contribution in [2.75, 3.05) is 0 Å². The van der Waals surface area contributed by atoms with Crippen molar-refractivity contribution in [3.8, 4) is 5.75 Å². The van der Waals surface area contributed by atoms with Crippen LogP contribution >= 0.6 is 0 Å². The average Bonchev–Trinajstić information content (AvgIpc) is 2.46. The molecular weight excluding hydrogens is 250 g/mol. The molecule has 0 spiro atoms. The number of ether oxygens (including phenoxy) is 1. The number of amides is 1. The van der Waals surface area contributed by atoms with Crippen LogP contribution in [-0.4, -0.2) is 12.0 Å². The average molecular weight is 269 g/mol. The first-order valence-corrected chi connectivity index (χ1v) is 6.70. The fraction of sp³-hybridized carbons (Fsp3) is 0.235. The quantitative estimate of drug-likeness (QED) is 0.906. The Morgan fingerprint density at radius 2 is 1.90 bits per heavy atom. The van der Waals surface area contributed by atoms with Crippen molar-refractivity contribution < 1.29 is 9.53 Å². The summed E-state index contributed by atoms with van der Waals surface area (Å²) in [6.45, 7) is 4.30. The first-order valence-electron chi connectivity index (χ1n) is 6.70. The first-order chi connectivity index (χ1) is 9.65. The van der Waals surface area contributed by atoms with Crippen LogP contribution in [0, 0.1) is 6.92 Å². The van der Waals surface area contributed by atoms with Gasteiger partial charge in [-0.15, -0.1) is 0 Å². The lowest BCUT2D eigenvalue weighted by Crippen LogP contribution is -2.35. The van der Waals surface area contributed by atoms with Crippen molar-refractivity contribution in [3.05, 3.63) is 65.7 Å². The summed E-state index contributed by atoms with van der Waals surface area (Å²) < 4.78 is 5.58. The maximum Gasteiger partial charge on any atom is 0.261 e. The molecule has 1 atom stereocenters. The summed E-state index contributed by atoms with van der Waals surface area (Å²) in [5, 5.41) is 2.88. The maximum atomic E-state index is 12.0. The minimum absolute atomic E-state index is 0.115. The first kappa shape index (κ1) is 14.1. The molecule has 0 radical (unpaired) electrons. The van der Waals surface area contributed by atoms with Crippen molar-refractivity contribution in [2.24, 2.45) is 0 Å². The van der Waals surface area contributed by atoms with Crippen LogP contribution in [-0.2, 0) is 11.3 Å². The van der Waals surface area contributed by atoms with E-state index in [0.717, 1.165) is 5.56 Å². The summed E-state index contributed by atoms with van der Waals surface area (Å²) in [7, 11) is 0. The van der Waals surface area contributed by atoms with Gasteiger partial charge in [-0.1, -0.05) is 48.0 Å². The Morgan fingerprint density at radius 3 is 2.60 bits per heavy atom. The van der Waals surface area contributed by atoms with Crippen molar-refractivity contribution in [3.63, 3.8) is 0 Å². The number of aryl methyl sites for hydroxylation is 1. The summed E-state index contributed by atoms with van der Waals surface area (Å²) in [4.78, 5) is 12.0. The van der Waals surface area contributed by atoms with Gasteiger partial charge in [-0.25, -0.2) is 0 Å². The molecule has 1 N–H and O–H groups in total. The molecule has 0 fully saturated rings. The van der Waals surface area contributed by atoms with Crippen molar-refractivity contribution in [2.45, 2.75) is 26.5 Å². The van der Waals surface area contributed by atoms with Crippen LogP contribution in [0.15, 0.2) is 54.6 Å². The Balaban J connectivity index is 1.85. The maximum absolute atomic E-state index is 12.0. The van der Waals surface area contributed by atoms with Gasteiger partial charge in [0.05, 0.1) is 0 Å². The molecule has 2 rings (SSSR count). The highest BCUT2D eigenvalue weighted by atomic mass is 16.5. The third kappa shape index (κ3) is 4.12. The number of carbonyl (C=O) groups excluding carboxylic acids is 1. The molecule has 0 heterocycles. The second-order valence-corrected chi connectivity index (χ2v) is 4.78. The van der Waals surface area contributed by atoms with Crippen LogP contribution in [0.5, 0.6) is 5.75 Å². The van der Waals surface area contributed by atoms with E-state index in [1.54, 1.807) is 6.92 Å². The van der Waals surface area contributed by atoms with Gasteiger partial charge >= 0.3 is 0 Å². The predicted octanol–water partition coefficient (Wildman–Crippen LogP) is 3.08. The third-order valence-corrected chi connectivity index (χ3v) is 2.97. The van der Waals surface area contributed by atoms with Crippen LogP contribution in [0.2, 0.25) is 0 Å². The fourth-order valence-electron chi connectivity index (χ4n) is 1.91. The van der Waals surface area contributed by atoms with E-state index in [-0.39, 0.29) is 5.91 Å². The number of carbonyl (C=O) groups is 1. The molecule has 0 aliphatic rings. The lowest BCUT2D eigenvalue weighted by molar-refractivity contribution is -0.127. The molecular formula is C17H19NO2. The van der Waals surface area contributed by atoms with E-state index in [4.69, 9.17) is 4.74 Å². The van der Waals surface area contributed by atoms with E-state index in [1.807, 2.05) is 55.5 Å². The van der Waals surface area contributed by atoms with E-state index >= 15 is 0 Å². The highest BCUT2D eigenvalue weighted by Gasteiger charge is 2.13. The molecule has 0 aromatic heterocycles. The Hall–Kier alpha value is -2.29. The van der Waals surface area contributed by atoms with Gasteiger partial charge in [-0.2, -0.15) is 0 Å². The second kappa shape index (κ2) is 6.75. The molecule has 0 aliphatic heterocycles. The van der Waals surface area contributed by atoms with Gasteiger partial charge < -0.3 is 10.1 Å². The summed E-state index contributed by atoms with van der Waals surface area (Å²) in [6, 6.07) is 17.4. The molecule has 2 aromatic carbocycles. The smallest absolute Gasteiger partial charge is 0.261 e. The number of benzene rings is 2. The van der Waals surface area contributed by atoms with E-state index in [2.05, 4.69) is 11.4 Å². The van der Waals surface area contributed by atoms with E-state index in [9.17, 15) is 4.79 Å². The lowest BCUT2D eigenvalue weighted by atomic mass is 10.1.